The van der Waals surface area contributed by atoms with E-state index in [1.165, 1.54) is 13.2 Å². The van der Waals surface area contributed by atoms with E-state index in [1.54, 1.807) is 30.3 Å². The van der Waals surface area contributed by atoms with Gasteiger partial charge in [-0.2, -0.15) is 0 Å². The first kappa shape index (κ1) is 26.7. The van der Waals surface area contributed by atoms with Gasteiger partial charge in [0.25, 0.3) is 0 Å². The van der Waals surface area contributed by atoms with Crippen LogP contribution in [0.2, 0.25) is 10.0 Å². The highest BCUT2D eigenvalue weighted by Crippen LogP contribution is 2.62. The minimum Gasteiger partial charge on any atom is -0.465 e. The molecule has 0 aliphatic carbocycles. The van der Waals surface area contributed by atoms with Gasteiger partial charge in [0.05, 0.1) is 28.7 Å². The Bertz CT molecular complexity index is 1710. The molecule has 4 aromatic rings. The van der Waals surface area contributed by atoms with Crippen LogP contribution in [0, 0.1) is 12.7 Å². The number of imidazole rings is 1. The van der Waals surface area contributed by atoms with Crippen molar-refractivity contribution in [3.8, 4) is 0 Å². The van der Waals surface area contributed by atoms with Crippen LogP contribution in [-0.4, -0.2) is 46.4 Å². The molecule has 1 spiro atoms. The first-order valence-electron chi connectivity index (χ1n) is 13.0. The van der Waals surface area contributed by atoms with E-state index in [0.29, 0.717) is 39.7 Å². The zero-order chi connectivity index (χ0) is 28.5. The number of nitrogens with one attached hydrogen (secondary N) is 2. The number of carbonyl (C=O) groups excluding carboxylic acids is 2. The number of nitrogens with zero attached hydrogens (tertiary/aromatic N) is 2. The third-order valence-electron chi connectivity index (χ3n) is 8.48. The monoisotopic (exact) mass is 580 g/mol. The molecule has 40 heavy (non-hydrogen) atoms. The minimum atomic E-state index is -1.25. The van der Waals surface area contributed by atoms with E-state index < -0.39 is 29.2 Å². The maximum absolute atomic E-state index is 16.0. The molecule has 7 nitrogen and oxygen atoms in total. The van der Waals surface area contributed by atoms with Crippen LogP contribution in [-0.2, 0) is 15.1 Å². The van der Waals surface area contributed by atoms with Crippen molar-refractivity contribution >= 4 is 51.8 Å². The summed E-state index contributed by atoms with van der Waals surface area (Å²) in [6, 6.07) is 13.5. The molecule has 4 atom stereocenters. The van der Waals surface area contributed by atoms with E-state index in [-0.39, 0.29) is 17.0 Å². The maximum atomic E-state index is 16.0. The van der Waals surface area contributed by atoms with Crippen LogP contribution in [0.25, 0.3) is 11.0 Å². The Morgan fingerprint density at radius 2 is 1.98 bits per heavy atom. The van der Waals surface area contributed by atoms with Gasteiger partial charge in [-0.25, -0.2) is 14.2 Å². The standard InChI is InChI=1S/C30H27Cl2FN4O3/c1-5-37-15(3)24(27-34-22-11-14(2)18(28(38)40-4)13-23(22)35-27)25(17-7-6-8-20(32)26(17)33)30(37)19-10-9-16(31)12-21(19)36-29(30)39/h6-13,15,24-25H,5H2,1-4H3,(H,34,35)(H,36,39)/t15-,24+,25-,30+/m0/s1. The topological polar surface area (TPSA) is 87.3 Å². The smallest absolute Gasteiger partial charge is 0.338 e. The highest BCUT2D eigenvalue weighted by atomic mass is 35.5. The first-order chi connectivity index (χ1) is 19.1. The SMILES string of the molecule is CCN1[C@@H](C)[C@@H](c2nc3cc(C(=O)OC)c(C)cc3[nH]2)[C@H](c2cccc(Cl)c2F)[C@]12C(=O)Nc1cc(Cl)ccc12. The van der Waals surface area contributed by atoms with E-state index >= 15 is 4.39 Å². The second-order valence-electron chi connectivity index (χ2n) is 10.4. The lowest BCUT2D eigenvalue weighted by Gasteiger charge is -2.38. The highest BCUT2D eigenvalue weighted by molar-refractivity contribution is 6.31. The van der Waals surface area contributed by atoms with E-state index in [9.17, 15) is 9.59 Å². The third-order valence-corrected chi connectivity index (χ3v) is 9.01. The molecular weight excluding hydrogens is 554 g/mol. The van der Waals surface area contributed by atoms with Crippen molar-refractivity contribution in [3.63, 3.8) is 0 Å². The number of hydrogen-bond acceptors (Lipinski definition) is 5. The van der Waals surface area contributed by atoms with Crippen molar-refractivity contribution < 1.29 is 18.7 Å². The van der Waals surface area contributed by atoms with E-state index in [0.717, 1.165) is 16.6 Å². The van der Waals surface area contributed by atoms with Gasteiger partial charge in [-0.05, 0) is 61.9 Å². The number of amides is 1. The number of esters is 1. The van der Waals surface area contributed by atoms with Gasteiger partial charge in [-0.15, -0.1) is 0 Å². The molecule has 6 rings (SSSR count). The fourth-order valence-corrected chi connectivity index (χ4v) is 7.25. The number of anilines is 1. The van der Waals surface area contributed by atoms with Crippen LogP contribution >= 0.6 is 23.2 Å². The molecule has 3 heterocycles. The van der Waals surface area contributed by atoms with E-state index in [2.05, 4.69) is 15.2 Å². The summed E-state index contributed by atoms with van der Waals surface area (Å²) in [5, 5.41) is 3.49. The maximum Gasteiger partial charge on any atom is 0.338 e. The average Bonchev–Trinajstić information content (AvgIpc) is 3.54. The molecule has 2 aliphatic heterocycles. The third kappa shape index (κ3) is 3.62. The average molecular weight is 581 g/mol. The van der Waals surface area contributed by atoms with Crippen molar-refractivity contribution in [2.24, 2.45) is 0 Å². The highest BCUT2D eigenvalue weighted by Gasteiger charge is 2.66. The summed E-state index contributed by atoms with van der Waals surface area (Å²) in [6.07, 6.45) is 0. The van der Waals surface area contributed by atoms with Crippen LogP contribution in [0.15, 0.2) is 48.5 Å². The van der Waals surface area contributed by atoms with Gasteiger partial charge in [0.2, 0.25) is 5.91 Å². The second kappa shape index (κ2) is 9.58. The van der Waals surface area contributed by atoms with Gasteiger partial charge in [-0.1, -0.05) is 48.3 Å². The molecule has 0 unspecified atom stereocenters. The summed E-state index contributed by atoms with van der Waals surface area (Å²) in [6.45, 7) is 6.35. The molecule has 2 N–H and O–H groups in total. The minimum absolute atomic E-state index is 0.0216. The summed E-state index contributed by atoms with van der Waals surface area (Å²) in [7, 11) is 1.34. The normalized spacial score (nSPS) is 24.1. The molecule has 0 bridgehead atoms. The molecule has 3 aromatic carbocycles. The lowest BCUT2D eigenvalue weighted by molar-refractivity contribution is -0.127. The predicted molar refractivity (Wildman–Crippen MR) is 153 cm³/mol. The second-order valence-corrected chi connectivity index (χ2v) is 11.2. The number of likely N-dealkylation sites (N-methyl/N-ethyl adjacent to an activating group) is 1. The van der Waals surface area contributed by atoms with E-state index in [1.807, 2.05) is 32.9 Å². The zero-order valence-corrected chi connectivity index (χ0v) is 23.8. The van der Waals surface area contributed by atoms with Crippen molar-refractivity contribution in [2.45, 2.75) is 44.2 Å². The quantitative estimate of drug-likeness (QED) is 0.267. The molecule has 2 aliphatic rings. The first-order valence-corrected chi connectivity index (χ1v) is 13.8. The number of methoxy groups -OCH3 is 1. The van der Waals surface area contributed by atoms with Crippen LogP contribution < -0.4 is 5.32 Å². The van der Waals surface area contributed by atoms with Crippen LogP contribution in [0.1, 0.15) is 58.6 Å². The van der Waals surface area contributed by atoms with Gasteiger partial charge >= 0.3 is 5.97 Å². The Balaban J connectivity index is 1.64. The molecule has 0 saturated carbocycles. The van der Waals surface area contributed by atoms with Crippen LogP contribution in [0.4, 0.5) is 10.1 Å². The lowest BCUT2D eigenvalue weighted by Crippen LogP contribution is -2.51. The van der Waals surface area contributed by atoms with E-state index in [4.69, 9.17) is 32.9 Å². The number of fused-ring (bicyclic) bond motifs is 3. The number of rotatable bonds is 4. The Morgan fingerprint density at radius 3 is 2.70 bits per heavy atom. The number of halogens is 3. The van der Waals surface area contributed by atoms with Crippen molar-refractivity contribution in [1.29, 1.82) is 0 Å². The number of aromatic amines is 1. The number of hydrogen-bond donors (Lipinski definition) is 2. The van der Waals surface area contributed by atoms with Crippen molar-refractivity contribution in [3.05, 3.63) is 92.5 Å². The fraction of sp³-hybridized carbons (Fsp3) is 0.300. The molecule has 1 aromatic heterocycles. The number of H-pyrrole nitrogens is 1. The van der Waals surface area contributed by atoms with Gasteiger partial charge in [0, 0.05) is 34.2 Å². The van der Waals surface area contributed by atoms with Crippen molar-refractivity contribution in [2.75, 3.05) is 19.0 Å². The molecule has 10 heteroatoms. The lowest BCUT2D eigenvalue weighted by atomic mass is 9.71. The van der Waals surface area contributed by atoms with Crippen LogP contribution in [0.3, 0.4) is 0 Å². The predicted octanol–water partition coefficient (Wildman–Crippen LogP) is 6.54. The summed E-state index contributed by atoms with van der Waals surface area (Å²) >= 11 is 12.6. The zero-order valence-electron chi connectivity index (χ0n) is 22.3. The Hall–Kier alpha value is -3.46. The summed E-state index contributed by atoms with van der Waals surface area (Å²) in [5.41, 5.74) is 2.84. The summed E-state index contributed by atoms with van der Waals surface area (Å²) < 4.78 is 20.9. The number of carbonyl (C=O) groups is 2. The van der Waals surface area contributed by atoms with Gasteiger partial charge in [0.15, 0.2) is 0 Å². The molecular formula is C30H27Cl2FN4O3. The number of likely N-dealkylation sites (tertiary alicyclic amines) is 1. The van der Waals surface area contributed by atoms with Gasteiger partial charge in [0.1, 0.15) is 17.2 Å². The molecule has 1 saturated heterocycles. The summed E-state index contributed by atoms with van der Waals surface area (Å²) in [4.78, 5) is 37.0. The van der Waals surface area contributed by atoms with Crippen molar-refractivity contribution in [1.82, 2.24) is 14.9 Å². The molecule has 0 radical (unpaired) electrons. The largest absolute Gasteiger partial charge is 0.465 e. The molecule has 1 fully saturated rings. The number of benzene rings is 3. The Kier molecular flexibility index (Phi) is 6.40. The Labute approximate surface area is 240 Å². The number of aryl methyl sites for hydroxylation is 1. The van der Waals surface area contributed by atoms with Gasteiger partial charge < -0.3 is 15.0 Å². The Morgan fingerprint density at radius 1 is 1.20 bits per heavy atom. The number of aromatic nitrogens is 2. The summed E-state index contributed by atoms with van der Waals surface area (Å²) in [5.74, 6) is -1.85. The van der Waals surface area contributed by atoms with Gasteiger partial charge in [-0.3, -0.25) is 9.69 Å². The van der Waals surface area contributed by atoms with Crippen LogP contribution in [0.5, 0.6) is 0 Å². The fourth-order valence-electron chi connectivity index (χ4n) is 6.89. The number of ether oxygens (including phenoxy) is 1. The molecule has 206 valence electrons. The molecule has 1 amide bonds.